The zero-order valence-electron chi connectivity index (χ0n) is 18.8. The van der Waals surface area contributed by atoms with E-state index in [0.717, 1.165) is 51.0 Å². The lowest BCUT2D eigenvalue weighted by Gasteiger charge is -2.37. The van der Waals surface area contributed by atoms with E-state index in [1.807, 2.05) is 38.9 Å². The van der Waals surface area contributed by atoms with Crippen molar-refractivity contribution >= 4 is 21.6 Å². The number of sulfonamides is 1. The molecule has 0 aromatic heterocycles. The molecule has 8 heteroatoms. The Balaban J connectivity index is 2.00. The molecule has 7 nitrogen and oxygen atoms in total. The van der Waals surface area contributed by atoms with Gasteiger partial charge in [-0.2, -0.15) is 4.31 Å². The number of benzene rings is 1. The van der Waals surface area contributed by atoms with Crippen LogP contribution in [-0.4, -0.2) is 87.8 Å². The van der Waals surface area contributed by atoms with E-state index < -0.39 is 10.0 Å². The van der Waals surface area contributed by atoms with Gasteiger partial charge in [-0.25, -0.2) is 8.42 Å². The average Bonchev–Trinajstić information content (AvgIpc) is 3.28. The van der Waals surface area contributed by atoms with Gasteiger partial charge in [0.05, 0.1) is 10.5 Å². The molecule has 0 spiro atoms. The summed E-state index contributed by atoms with van der Waals surface area (Å²) in [4.78, 5) is 20.1. The number of hydrogen-bond acceptors (Lipinski definition) is 5. The molecule has 2 fully saturated rings. The molecule has 0 radical (unpaired) electrons. The van der Waals surface area contributed by atoms with Gasteiger partial charge in [-0.05, 0) is 58.0 Å². The lowest BCUT2D eigenvalue weighted by Crippen LogP contribution is -2.47. The number of hydrogen-bond donors (Lipinski definition) is 0. The van der Waals surface area contributed by atoms with Gasteiger partial charge in [0.2, 0.25) is 10.0 Å². The van der Waals surface area contributed by atoms with E-state index in [1.54, 1.807) is 12.1 Å². The van der Waals surface area contributed by atoms with Crippen LogP contribution in [0.25, 0.3) is 0 Å². The summed E-state index contributed by atoms with van der Waals surface area (Å²) >= 11 is 0. The molecule has 3 rings (SSSR count). The van der Waals surface area contributed by atoms with E-state index >= 15 is 0 Å². The predicted molar refractivity (Wildman–Crippen MR) is 121 cm³/mol. The SMILES string of the molecule is CCN(CC)S(=O)(=O)c1ccc(N2CCCC2)c(C(=O)N2CCCC(N(C)C)C2)c1. The molecule has 1 unspecified atom stereocenters. The van der Waals surface area contributed by atoms with Gasteiger partial charge in [-0.15, -0.1) is 0 Å². The van der Waals surface area contributed by atoms with Crippen LogP contribution in [0.2, 0.25) is 0 Å². The standard InChI is InChI=1S/C22H36N4O3S/c1-5-26(6-2)30(28,29)19-11-12-21(24-13-7-8-14-24)20(16-19)22(27)25-15-9-10-18(17-25)23(3)4/h11-12,16,18H,5-10,13-15,17H2,1-4H3. The van der Waals surface area contributed by atoms with Crippen molar-refractivity contribution in [1.82, 2.24) is 14.1 Å². The van der Waals surface area contributed by atoms with Crippen molar-refractivity contribution < 1.29 is 13.2 Å². The monoisotopic (exact) mass is 436 g/mol. The van der Waals surface area contributed by atoms with Crippen molar-refractivity contribution in [2.24, 2.45) is 0 Å². The summed E-state index contributed by atoms with van der Waals surface area (Å²) in [6.07, 6.45) is 4.23. The van der Waals surface area contributed by atoms with E-state index in [9.17, 15) is 13.2 Å². The third-order valence-electron chi connectivity index (χ3n) is 6.40. The molecule has 1 aromatic carbocycles. The van der Waals surface area contributed by atoms with E-state index in [4.69, 9.17) is 0 Å². The first-order valence-electron chi connectivity index (χ1n) is 11.1. The topological polar surface area (TPSA) is 64.2 Å². The molecule has 30 heavy (non-hydrogen) atoms. The Hall–Kier alpha value is -1.64. The summed E-state index contributed by atoms with van der Waals surface area (Å²) in [5.74, 6) is -0.0555. The Morgan fingerprint density at radius 1 is 1.07 bits per heavy atom. The number of rotatable bonds is 7. The van der Waals surface area contributed by atoms with Gasteiger partial charge in [0.15, 0.2) is 0 Å². The molecule has 0 aliphatic carbocycles. The number of carbonyl (C=O) groups excluding carboxylic acids is 1. The molecule has 2 aliphatic heterocycles. The Morgan fingerprint density at radius 3 is 2.33 bits per heavy atom. The summed E-state index contributed by atoms with van der Waals surface area (Å²) in [5, 5.41) is 0. The molecule has 1 aromatic rings. The Labute approximate surface area is 181 Å². The van der Waals surface area contributed by atoms with Crippen LogP contribution >= 0.6 is 0 Å². The minimum Gasteiger partial charge on any atom is -0.371 e. The van der Waals surface area contributed by atoms with E-state index in [1.165, 1.54) is 4.31 Å². The molecule has 2 saturated heterocycles. The van der Waals surface area contributed by atoms with Crippen LogP contribution < -0.4 is 4.90 Å². The fraction of sp³-hybridized carbons (Fsp3) is 0.682. The van der Waals surface area contributed by atoms with Crippen molar-refractivity contribution in [2.75, 3.05) is 58.3 Å². The van der Waals surface area contributed by atoms with Crippen molar-refractivity contribution in [2.45, 2.75) is 50.5 Å². The smallest absolute Gasteiger partial charge is 0.256 e. The third kappa shape index (κ3) is 4.65. The highest BCUT2D eigenvalue weighted by Crippen LogP contribution is 2.30. The average molecular weight is 437 g/mol. The first-order valence-corrected chi connectivity index (χ1v) is 12.6. The predicted octanol–water partition coefficient (Wildman–Crippen LogP) is 2.48. The van der Waals surface area contributed by atoms with Crippen LogP contribution in [0, 0.1) is 0 Å². The van der Waals surface area contributed by atoms with Crippen LogP contribution in [-0.2, 0) is 10.0 Å². The van der Waals surface area contributed by atoms with Gasteiger partial charge in [-0.3, -0.25) is 4.79 Å². The molecule has 2 aliphatic rings. The fourth-order valence-electron chi connectivity index (χ4n) is 4.52. The lowest BCUT2D eigenvalue weighted by molar-refractivity contribution is 0.0635. The largest absolute Gasteiger partial charge is 0.371 e. The molecular formula is C22H36N4O3S. The van der Waals surface area contributed by atoms with Gasteiger partial charge in [0.1, 0.15) is 0 Å². The molecule has 1 amide bonds. The number of nitrogens with zero attached hydrogens (tertiary/aromatic N) is 4. The molecule has 0 saturated carbocycles. The van der Waals surface area contributed by atoms with E-state index in [0.29, 0.717) is 31.2 Å². The van der Waals surface area contributed by atoms with Gasteiger partial charge >= 0.3 is 0 Å². The number of piperidine rings is 1. The van der Waals surface area contributed by atoms with Crippen LogP contribution in [0.5, 0.6) is 0 Å². The minimum atomic E-state index is -3.62. The maximum Gasteiger partial charge on any atom is 0.256 e. The van der Waals surface area contributed by atoms with Crippen LogP contribution in [0.3, 0.4) is 0 Å². The summed E-state index contributed by atoms with van der Waals surface area (Å²) in [7, 11) is 0.478. The first-order chi connectivity index (χ1) is 14.3. The summed E-state index contributed by atoms with van der Waals surface area (Å²) in [5.41, 5.74) is 1.38. The number of anilines is 1. The number of amides is 1. The summed E-state index contributed by atoms with van der Waals surface area (Å²) in [6.45, 7) is 7.69. The Morgan fingerprint density at radius 2 is 1.73 bits per heavy atom. The van der Waals surface area contributed by atoms with Crippen LogP contribution in [0.1, 0.15) is 49.9 Å². The second kappa shape index (κ2) is 9.66. The van der Waals surface area contributed by atoms with Gasteiger partial charge < -0.3 is 14.7 Å². The van der Waals surface area contributed by atoms with Crippen molar-refractivity contribution in [3.05, 3.63) is 23.8 Å². The Bertz CT molecular complexity index is 846. The highest BCUT2D eigenvalue weighted by atomic mass is 32.2. The lowest BCUT2D eigenvalue weighted by atomic mass is 10.0. The highest BCUT2D eigenvalue weighted by Gasteiger charge is 2.30. The maximum atomic E-state index is 13.6. The van der Waals surface area contributed by atoms with E-state index in [2.05, 4.69) is 9.80 Å². The highest BCUT2D eigenvalue weighted by molar-refractivity contribution is 7.89. The number of carbonyl (C=O) groups is 1. The zero-order chi connectivity index (χ0) is 21.9. The molecule has 168 valence electrons. The quantitative estimate of drug-likeness (QED) is 0.657. The van der Waals surface area contributed by atoms with Gasteiger partial charge in [-0.1, -0.05) is 13.8 Å². The molecule has 0 N–H and O–H groups in total. The Kier molecular flexibility index (Phi) is 7.42. The number of likely N-dealkylation sites (tertiary alicyclic amines) is 1. The van der Waals surface area contributed by atoms with Crippen LogP contribution in [0.15, 0.2) is 23.1 Å². The maximum absolute atomic E-state index is 13.6. The van der Waals surface area contributed by atoms with Crippen LogP contribution in [0.4, 0.5) is 5.69 Å². The van der Waals surface area contributed by atoms with Crippen molar-refractivity contribution in [1.29, 1.82) is 0 Å². The minimum absolute atomic E-state index is 0.0555. The first kappa shape index (κ1) is 23.0. The van der Waals surface area contributed by atoms with E-state index in [-0.39, 0.29) is 10.8 Å². The summed E-state index contributed by atoms with van der Waals surface area (Å²) in [6, 6.07) is 5.45. The molecule has 1 atom stereocenters. The molecule has 2 heterocycles. The van der Waals surface area contributed by atoms with Crippen molar-refractivity contribution in [3.8, 4) is 0 Å². The number of likely N-dealkylation sites (N-methyl/N-ethyl adjacent to an activating group) is 1. The second-order valence-corrected chi connectivity index (χ2v) is 10.4. The zero-order valence-corrected chi connectivity index (χ0v) is 19.6. The fourth-order valence-corrected chi connectivity index (χ4v) is 6.01. The summed E-state index contributed by atoms with van der Waals surface area (Å²) < 4.78 is 27.6. The second-order valence-electron chi connectivity index (χ2n) is 8.47. The van der Waals surface area contributed by atoms with Crippen molar-refractivity contribution in [3.63, 3.8) is 0 Å². The molecule has 0 bridgehead atoms. The van der Waals surface area contributed by atoms with Gasteiger partial charge in [0, 0.05) is 51.0 Å². The normalized spacial score (nSPS) is 20.4. The third-order valence-corrected chi connectivity index (χ3v) is 8.45. The molecular weight excluding hydrogens is 400 g/mol. The van der Waals surface area contributed by atoms with Gasteiger partial charge in [0.25, 0.3) is 5.91 Å².